The molecule has 0 aliphatic heterocycles. The third-order valence-corrected chi connectivity index (χ3v) is 8.35. The Labute approximate surface area is 253 Å². The predicted molar refractivity (Wildman–Crippen MR) is 153 cm³/mol. The van der Waals surface area contributed by atoms with Gasteiger partial charge in [0.15, 0.2) is 27.2 Å². The lowest BCUT2D eigenvalue weighted by Crippen LogP contribution is -2.06. The normalized spacial score (nSPS) is 12.2. The summed E-state index contributed by atoms with van der Waals surface area (Å²) >= 11 is 12.5. The Balaban J connectivity index is 1.82. The molecule has 5 rings (SSSR count). The molecule has 2 heterocycles. The molecular formula is C29H21Cl2F4N3O4S. The molecule has 0 bridgehead atoms. The Morgan fingerprint density at radius 1 is 0.977 bits per heavy atom. The van der Waals surface area contributed by atoms with Gasteiger partial charge in [-0.25, -0.2) is 22.8 Å². The summed E-state index contributed by atoms with van der Waals surface area (Å²) in [6.45, 7) is 2.13. The highest BCUT2D eigenvalue weighted by atomic mass is 35.5. The van der Waals surface area contributed by atoms with Crippen molar-refractivity contribution in [1.29, 1.82) is 0 Å². The van der Waals surface area contributed by atoms with Crippen LogP contribution in [-0.2, 0) is 22.6 Å². The first-order valence-electron chi connectivity index (χ1n) is 12.4. The van der Waals surface area contributed by atoms with Gasteiger partial charge in [-0.1, -0.05) is 29.3 Å². The summed E-state index contributed by atoms with van der Waals surface area (Å²) in [5.74, 6) is -0.531. The van der Waals surface area contributed by atoms with E-state index in [4.69, 9.17) is 27.6 Å². The predicted octanol–water partition coefficient (Wildman–Crippen LogP) is 7.84. The van der Waals surface area contributed by atoms with Gasteiger partial charge in [-0.05, 0) is 60.5 Å². The van der Waals surface area contributed by atoms with Crippen LogP contribution in [0.25, 0.3) is 39.4 Å². The number of rotatable bonds is 6. The van der Waals surface area contributed by atoms with Gasteiger partial charge in [0, 0.05) is 41.1 Å². The molecule has 0 unspecified atom stereocenters. The molecule has 2 aromatic heterocycles. The van der Waals surface area contributed by atoms with Crippen LogP contribution in [0.15, 0.2) is 64.0 Å². The average molecular weight is 654 g/mol. The number of halogens is 6. The lowest BCUT2D eigenvalue weighted by atomic mass is 9.97. The molecule has 7 nitrogen and oxygen atoms in total. The summed E-state index contributed by atoms with van der Waals surface area (Å²) in [5.41, 5.74) is -0.00973. The van der Waals surface area contributed by atoms with E-state index in [0.717, 1.165) is 18.5 Å². The highest BCUT2D eigenvalue weighted by molar-refractivity contribution is 7.90. The minimum atomic E-state index is -4.71. The number of nitrogens with zero attached hydrogens (tertiary/aromatic N) is 3. The van der Waals surface area contributed by atoms with E-state index in [1.54, 1.807) is 19.1 Å². The van der Waals surface area contributed by atoms with E-state index >= 15 is 4.39 Å². The molecule has 0 atom stereocenters. The average Bonchev–Trinajstić information content (AvgIpc) is 3.49. The lowest BCUT2D eigenvalue weighted by Gasteiger charge is -2.15. The number of imidazole rings is 1. The Morgan fingerprint density at radius 3 is 2.30 bits per heavy atom. The molecule has 0 radical (unpaired) electrons. The zero-order chi connectivity index (χ0) is 31.4. The van der Waals surface area contributed by atoms with Gasteiger partial charge in [0.1, 0.15) is 17.3 Å². The van der Waals surface area contributed by atoms with Gasteiger partial charge in [0.05, 0.1) is 22.2 Å². The summed E-state index contributed by atoms with van der Waals surface area (Å²) in [6, 6.07) is 11.4. The number of hydrogen-bond donors (Lipinski definition) is 1. The maximum Gasteiger partial charge on any atom is 0.434 e. The number of oxazole rings is 1. The second-order valence-corrected chi connectivity index (χ2v) is 12.5. The van der Waals surface area contributed by atoms with Crippen LogP contribution in [0.1, 0.15) is 23.0 Å². The van der Waals surface area contributed by atoms with Crippen molar-refractivity contribution in [1.82, 2.24) is 14.5 Å². The maximum atomic E-state index is 15.0. The van der Waals surface area contributed by atoms with Crippen LogP contribution in [0.4, 0.5) is 17.6 Å². The van der Waals surface area contributed by atoms with Crippen LogP contribution in [0, 0.1) is 19.7 Å². The number of hydrogen-bond acceptors (Lipinski definition) is 6. The smallest absolute Gasteiger partial charge is 0.434 e. The highest BCUT2D eigenvalue weighted by Gasteiger charge is 2.35. The van der Waals surface area contributed by atoms with E-state index in [-0.39, 0.29) is 50.6 Å². The number of aryl methyl sites for hydroxylation is 2. The van der Waals surface area contributed by atoms with Crippen molar-refractivity contribution in [2.45, 2.75) is 31.5 Å². The fourth-order valence-electron chi connectivity index (χ4n) is 4.70. The fraction of sp³-hybridized carbons (Fsp3) is 0.172. The SMILES string of the molecule is Cc1nc(-c2cc(-c3cc(F)c(CO)c(S(C)(=O)=O)c3)ccc2-n2cc(C(F)(F)F)nc2C)c(-c2ccc(Cl)cc2Cl)o1. The first-order chi connectivity index (χ1) is 20.1. The largest absolute Gasteiger partial charge is 0.440 e. The molecule has 0 spiro atoms. The summed E-state index contributed by atoms with van der Waals surface area (Å²) in [4.78, 5) is 7.78. The number of alkyl halides is 3. The molecule has 43 heavy (non-hydrogen) atoms. The van der Waals surface area contributed by atoms with Crippen LogP contribution in [0.5, 0.6) is 0 Å². The molecule has 14 heteroatoms. The van der Waals surface area contributed by atoms with E-state index in [9.17, 15) is 26.7 Å². The van der Waals surface area contributed by atoms with Crippen molar-refractivity contribution >= 4 is 33.0 Å². The maximum absolute atomic E-state index is 15.0. The van der Waals surface area contributed by atoms with E-state index < -0.39 is 39.0 Å². The quantitative estimate of drug-likeness (QED) is 0.188. The second kappa shape index (κ2) is 11.1. The standard InChI is InChI=1S/C29H21Cl2F4N3O4S/c1-14-36-26(29(33,34)35)12-38(14)24-7-4-16(17-9-23(32)21(13-39)25(10-17)43(3,40)41)8-20(24)27-28(42-15(2)37-27)19-6-5-18(30)11-22(19)31/h4-12,39H,13H2,1-3H3. The van der Waals surface area contributed by atoms with Crippen LogP contribution in [0.3, 0.4) is 0 Å². The molecule has 224 valence electrons. The van der Waals surface area contributed by atoms with Crippen molar-refractivity contribution in [3.63, 3.8) is 0 Å². The van der Waals surface area contributed by atoms with Crippen LogP contribution >= 0.6 is 23.2 Å². The van der Waals surface area contributed by atoms with Crippen molar-refractivity contribution in [2.75, 3.05) is 6.26 Å². The number of aliphatic hydroxyl groups is 1. The Kier molecular flexibility index (Phi) is 7.93. The van der Waals surface area contributed by atoms with E-state index in [0.29, 0.717) is 16.1 Å². The van der Waals surface area contributed by atoms with Crippen LogP contribution < -0.4 is 0 Å². The topological polar surface area (TPSA) is 98.2 Å². The fourth-order valence-corrected chi connectivity index (χ4v) is 6.14. The zero-order valence-corrected chi connectivity index (χ0v) is 24.9. The summed E-state index contributed by atoms with van der Waals surface area (Å²) in [7, 11) is -3.95. The lowest BCUT2D eigenvalue weighted by molar-refractivity contribution is -0.141. The molecule has 0 fully saturated rings. The minimum absolute atomic E-state index is 0.0188. The van der Waals surface area contributed by atoms with Gasteiger partial charge < -0.3 is 14.1 Å². The molecule has 0 aliphatic carbocycles. The third kappa shape index (κ3) is 5.92. The Hall–Kier alpha value is -3.71. The molecule has 0 saturated carbocycles. The zero-order valence-electron chi connectivity index (χ0n) is 22.6. The summed E-state index contributed by atoms with van der Waals surface area (Å²) < 4.78 is 87.8. The van der Waals surface area contributed by atoms with Crippen LogP contribution in [0.2, 0.25) is 10.0 Å². The van der Waals surface area contributed by atoms with Gasteiger partial charge in [-0.15, -0.1) is 0 Å². The van der Waals surface area contributed by atoms with E-state index in [1.807, 2.05) is 0 Å². The van der Waals surface area contributed by atoms with Crippen LogP contribution in [-0.4, -0.2) is 34.3 Å². The highest BCUT2D eigenvalue weighted by Crippen LogP contribution is 2.42. The molecule has 5 aromatic rings. The molecule has 0 saturated heterocycles. The molecule has 0 amide bonds. The van der Waals surface area contributed by atoms with Gasteiger partial charge in [-0.3, -0.25) is 0 Å². The Morgan fingerprint density at radius 2 is 1.70 bits per heavy atom. The van der Waals surface area contributed by atoms with Gasteiger partial charge >= 0.3 is 6.18 Å². The minimum Gasteiger partial charge on any atom is -0.440 e. The summed E-state index contributed by atoms with van der Waals surface area (Å²) in [6.07, 6.45) is -2.98. The van der Waals surface area contributed by atoms with E-state index in [1.165, 1.54) is 41.8 Å². The van der Waals surface area contributed by atoms with Crippen molar-refractivity contribution in [3.8, 4) is 39.4 Å². The van der Waals surface area contributed by atoms with Crippen molar-refractivity contribution in [3.05, 3.63) is 93.6 Å². The molecular weight excluding hydrogens is 633 g/mol. The van der Waals surface area contributed by atoms with Gasteiger partial charge in [-0.2, -0.15) is 13.2 Å². The number of sulfone groups is 1. The van der Waals surface area contributed by atoms with Gasteiger partial charge in [0.25, 0.3) is 0 Å². The van der Waals surface area contributed by atoms with Crippen molar-refractivity contribution in [2.24, 2.45) is 0 Å². The third-order valence-electron chi connectivity index (χ3n) is 6.64. The second-order valence-electron chi connectivity index (χ2n) is 9.67. The first-order valence-corrected chi connectivity index (χ1v) is 15.1. The monoisotopic (exact) mass is 653 g/mol. The first kappa shape index (κ1) is 30.7. The number of aromatic nitrogens is 3. The summed E-state index contributed by atoms with van der Waals surface area (Å²) in [5, 5.41) is 10.2. The molecule has 0 aliphatic rings. The van der Waals surface area contributed by atoms with E-state index in [2.05, 4.69) is 9.97 Å². The Bertz CT molecular complexity index is 2000. The van der Waals surface area contributed by atoms with Gasteiger partial charge in [0.2, 0.25) is 0 Å². The molecule has 3 aromatic carbocycles. The number of aliphatic hydroxyl groups excluding tert-OH is 1. The molecule has 1 N–H and O–H groups in total. The van der Waals surface area contributed by atoms with Crippen molar-refractivity contribution < 1.29 is 35.5 Å². The number of benzene rings is 3.